The van der Waals surface area contributed by atoms with Gasteiger partial charge >= 0.3 is 0 Å². The van der Waals surface area contributed by atoms with Crippen LogP contribution in [0.15, 0.2) is 5.10 Å². The van der Waals surface area contributed by atoms with Crippen LogP contribution in [-0.2, 0) is 0 Å². The van der Waals surface area contributed by atoms with E-state index in [2.05, 4.69) is 18.9 Å². The van der Waals surface area contributed by atoms with Gasteiger partial charge in [0.1, 0.15) is 0 Å². The molecule has 0 amide bonds. The predicted octanol–water partition coefficient (Wildman–Crippen LogP) is 3.04. The Morgan fingerprint density at radius 2 is 2.14 bits per heavy atom. The summed E-state index contributed by atoms with van der Waals surface area (Å²) in [7, 11) is 0. The summed E-state index contributed by atoms with van der Waals surface area (Å²) in [4.78, 5) is 0. The molecule has 0 bridgehead atoms. The molecule has 0 saturated heterocycles. The summed E-state index contributed by atoms with van der Waals surface area (Å²) < 4.78 is 0. The highest BCUT2D eigenvalue weighted by Crippen LogP contribution is 2.34. The van der Waals surface area contributed by atoms with Gasteiger partial charge in [-0.05, 0) is 26.2 Å². The van der Waals surface area contributed by atoms with Crippen molar-refractivity contribution in [3.63, 3.8) is 0 Å². The van der Waals surface area contributed by atoms with Gasteiger partial charge in [0.05, 0.1) is 6.04 Å². The summed E-state index contributed by atoms with van der Waals surface area (Å²) in [6.45, 7) is 5.65. The van der Waals surface area contributed by atoms with Gasteiger partial charge in [0.2, 0.25) is 0 Å². The molecule has 2 heteroatoms. The van der Waals surface area contributed by atoms with E-state index in [0.29, 0.717) is 0 Å². The Hall–Kier alpha value is -0.530. The summed E-state index contributed by atoms with van der Waals surface area (Å²) in [5.74, 6) is 0.792. The maximum Gasteiger partial charge on any atom is 0.0551 e. The third-order valence-electron chi connectivity index (χ3n) is 3.68. The van der Waals surface area contributed by atoms with Crippen LogP contribution in [0.25, 0.3) is 0 Å². The lowest BCUT2D eigenvalue weighted by Gasteiger charge is -2.31. The summed E-state index contributed by atoms with van der Waals surface area (Å²) in [5, 5.41) is 7.10. The molecule has 2 rings (SSSR count). The highest BCUT2D eigenvalue weighted by atomic mass is 15.5. The van der Waals surface area contributed by atoms with E-state index in [4.69, 9.17) is 5.10 Å². The number of rotatable bonds is 3. The molecule has 0 radical (unpaired) electrons. The fourth-order valence-electron chi connectivity index (χ4n) is 2.84. The molecule has 0 aromatic carbocycles. The van der Waals surface area contributed by atoms with Gasteiger partial charge in [-0.15, -0.1) is 0 Å². The van der Waals surface area contributed by atoms with Gasteiger partial charge in [0, 0.05) is 18.2 Å². The lowest BCUT2D eigenvalue weighted by Crippen LogP contribution is -2.35. The first-order valence-corrected chi connectivity index (χ1v) is 6.14. The first-order valence-electron chi connectivity index (χ1n) is 6.14. The Morgan fingerprint density at radius 3 is 2.93 bits per heavy atom. The molecule has 1 fully saturated rings. The molecule has 2 atom stereocenters. The van der Waals surface area contributed by atoms with Crippen molar-refractivity contribution in [2.24, 2.45) is 11.0 Å². The molecule has 80 valence electrons. The van der Waals surface area contributed by atoms with Crippen LogP contribution in [0.3, 0.4) is 0 Å². The van der Waals surface area contributed by atoms with E-state index in [-0.39, 0.29) is 0 Å². The molecule has 1 saturated carbocycles. The minimum Gasteiger partial charge on any atom is -0.293 e. The van der Waals surface area contributed by atoms with E-state index in [1.807, 2.05) is 0 Å². The molecule has 1 aliphatic carbocycles. The van der Waals surface area contributed by atoms with Crippen molar-refractivity contribution in [2.75, 3.05) is 6.54 Å². The van der Waals surface area contributed by atoms with Crippen LogP contribution in [0.2, 0.25) is 0 Å². The quantitative estimate of drug-likeness (QED) is 0.674. The molecule has 14 heavy (non-hydrogen) atoms. The zero-order valence-corrected chi connectivity index (χ0v) is 9.50. The summed E-state index contributed by atoms with van der Waals surface area (Å²) in [5.41, 5.74) is 1.39. The van der Waals surface area contributed by atoms with Gasteiger partial charge < -0.3 is 0 Å². The summed E-state index contributed by atoms with van der Waals surface area (Å²) >= 11 is 0. The predicted molar refractivity (Wildman–Crippen MR) is 60.5 cm³/mol. The van der Waals surface area contributed by atoms with E-state index in [0.717, 1.165) is 12.0 Å². The first kappa shape index (κ1) is 10.0. The molecular formula is C12H22N2. The summed E-state index contributed by atoms with van der Waals surface area (Å²) in [6, 6.07) is 0.760. The van der Waals surface area contributed by atoms with Crippen molar-refractivity contribution in [1.82, 2.24) is 5.01 Å². The fourth-order valence-corrected chi connectivity index (χ4v) is 2.84. The summed E-state index contributed by atoms with van der Waals surface area (Å²) in [6.07, 6.45) is 8.14. The van der Waals surface area contributed by atoms with Crippen LogP contribution in [0.4, 0.5) is 0 Å². The fraction of sp³-hybridized carbons (Fsp3) is 0.917. The average Bonchev–Trinajstić information content (AvgIpc) is 2.54. The van der Waals surface area contributed by atoms with Crippen molar-refractivity contribution < 1.29 is 0 Å². The Labute approximate surface area is 87.4 Å². The highest BCUT2D eigenvalue weighted by molar-refractivity contribution is 5.86. The number of unbranched alkanes of at least 4 members (excludes halogenated alkanes) is 1. The van der Waals surface area contributed by atoms with Crippen molar-refractivity contribution in [1.29, 1.82) is 0 Å². The third kappa shape index (κ3) is 1.79. The standard InChI is InChI=1S/C12H22N2/c1-3-4-9-14-12-8-6-5-7-11(12)10(2)13-14/h11-12H,3-9H2,1-2H3. The Balaban J connectivity index is 1.97. The SMILES string of the molecule is CCCCN1N=C(C)C2CCCCC21. The first-order chi connectivity index (χ1) is 6.83. The zero-order valence-electron chi connectivity index (χ0n) is 9.50. The molecule has 0 N–H and O–H groups in total. The Kier molecular flexibility index (Phi) is 3.09. The van der Waals surface area contributed by atoms with E-state index >= 15 is 0 Å². The molecule has 2 unspecified atom stereocenters. The maximum atomic E-state index is 4.72. The van der Waals surface area contributed by atoms with E-state index < -0.39 is 0 Å². The Morgan fingerprint density at radius 1 is 1.36 bits per heavy atom. The minimum atomic E-state index is 0.760. The van der Waals surface area contributed by atoms with Gasteiger partial charge in [0.25, 0.3) is 0 Å². The monoisotopic (exact) mass is 194 g/mol. The van der Waals surface area contributed by atoms with Crippen molar-refractivity contribution >= 4 is 5.71 Å². The minimum absolute atomic E-state index is 0.760. The molecule has 2 aliphatic rings. The zero-order chi connectivity index (χ0) is 9.97. The highest BCUT2D eigenvalue weighted by Gasteiger charge is 2.35. The molecule has 2 nitrogen and oxygen atoms in total. The molecular weight excluding hydrogens is 172 g/mol. The third-order valence-corrected chi connectivity index (χ3v) is 3.68. The van der Waals surface area contributed by atoms with Crippen molar-refractivity contribution in [2.45, 2.75) is 58.4 Å². The van der Waals surface area contributed by atoms with Gasteiger partial charge in [0.15, 0.2) is 0 Å². The molecule has 1 aliphatic heterocycles. The smallest absolute Gasteiger partial charge is 0.0551 e. The number of hydrogen-bond acceptors (Lipinski definition) is 2. The van der Waals surface area contributed by atoms with Crippen LogP contribution in [0.5, 0.6) is 0 Å². The van der Waals surface area contributed by atoms with E-state index in [1.165, 1.54) is 50.8 Å². The van der Waals surface area contributed by atoms with Gasteiger partial charge in [-0.2, -0.15) is 5.10 Å². The number of hydrazone groups is 1. The number of hydrogen-bond donors (Lipinski definition) is 0. The second-order valence-electron chi connectivity index (χ2n) is 4.72. The van der Waals surface area contributed by atoms with Crippen LogP contribution in [0, 0.1) is 5.92 Å². The lowest BCUT2D eigenvalue weighted by molar-refractivity contribution is 0.161. The average molecular weight is 194 g/mol. The lowest BCUT2D eigenvalue weighted by atomic mass is 9.82. The van der Waals surface area contributed by atoms with Crippen LogP contribution < -0.4 is 0 Å². The van der Waals surface area contributed by atoms with Gasteiger partial charge in [-0.1, -0.05) is 26.2 Å². The normalized spacial score (nSPS) is 31.6. The van der Waals surface area contributed by atoms with Crippen molar-refractivity contribution in [3.05, 3.63) is 0 Å². The molecule has 0 aromatic heterocycles. The molecule has 0 aromatic rings. The van der Waals surface area contributed by atoms with Crippen LogP contribution >= 0.6 is 0 Å². The van der Waals surface area contributed by atoms with Crippen LogP contribution in [-0.4, -0.2) is 23.3 Å². The van der Waals surface area contributed by atoms with Gasteiger partial charge in [-0.3, -0.25) is 5.01 Å². The second-order valence-corrected chi connectivity index (χ2v) is 4.72. The van der Waals surface area contributed by atoms with E-state index in [9.17, 15) is 0 Å². The number of fused-ring (bicyclic) bond motifs is 1. The molecule has 1 heterocycles. The maximum absolute atomic E-state index is 4.72. The molecule has 0 spiro atoms. The van der Waals surface area contributed by atoms with Crippen LogP contribution in [0.1, 0.15) is 52.4 Å². The topological polar surface area (TPSA) is 15.6 Å². The van der Waals surface area contributed by atoms with Crippen molar-refractivity contribution in [3.8, 4) is 0 Å². The second kappa shape index (κ2) is 4.33. The Bertz CT molecular complexity index is 222. The largest absolute Gasteiger partial charge is 0.293 e. The van der Waals surface area contributed by atoms with E-state index in [1.54, 1.807) is 0 Å². The number of nitrogens with zero attached hydrogens (tertiary/aromatic N) is 2. The van der Waals surface area contributed by atoms with Gasteiger partial charge in [-0.25, -0.2) is 0 Å².